The number of unbranched alkanes of at least 4 members (excludes halogenated alkanes) is 1. The Morgan fingerprint density at radius 2 is 2.04 bits per heavy atom. The van der Waals surface area contributed by atoms with Crippen LogP contribution in [0.2, 0.25) is 0 Å². The lowest BCUT2D eigenvalue weighted by Crippen LogP contribution is -2.23. The summed E-state index contributed by atoms with van der Waals surface area (Å²) in [6, 6.07) is 4.39. The van der Waals surface area contributed by atoms with Crippen molar-refractivity contribution >= 4 is 16.6 Å². The lowest BCUT2D eigenvalue weighted by Gasteiger charge is -2.17. The number of hydrogen-bond acceptors (Lipinski definition) is 5. The Balaban J connectivity index is 2.74. The van der Waals surface area contributed by atoms with Crippen LogP contribution < -0.4 is 15.0 Å². The van der Waals surface area contributed by atoms with Crippen LogP contribution in [0, 0.1) is 10.1 Å². The number of nitro benzene ring substituents is 1. The molecule has 0 atom stereocenters. The third-order valence-corrected chi connectivity index (χ3v) is 3.78. The molecular formula is C18H22N2O5. The molecule has 134 valence electrons. The second kappa shape index (κ2) is 8.32. The van der Waals surface area contributed by atoms with Gasteiger partial charge in [0.25, 0.3) is 11.2 Å². The fourth-order valence-electron chi connectivity index (χ4n) is 2.55. The van der Waals surface area contributed by atoms with Crippen molar-refractivity contribution in [3.63, 3.8) is 0 Å². The third-order valence-electron chi connectivity index (χ3n) is 3.78. The molecule has 0 unspecified atom stereocenters. The minimum absolute atomic E-state index is 0.0756. The van der Waals surface area contributed by atoms with Gasteiger partial charge in [0.15, 0.2) is 5.75 Å². The highest BCUT2D eigenvalue weighted by Crippen LogP contribution is 2.34. The van der Waals surface area contributed by atoms with E-state index in [1.54, 1.807) is 19.1 Å². The van der Waals surface area contributed by atoms with Gasteiger partial charge in [0.05, 0.1) is 17.0 Å². The molecular weight excluding hydrogens is 324 g/mol. The molecule has 0 spiro atoms. The minimum atomic E-state index is -0.482. The summed E-state index contributed by atoms with van der Waals surface area (Å²) in [6.07, 6.45) is 3.32. The van der Waals surface area contributed by atoms with Gasteiger partial charge in [0.1, 0.15) is 6.61 Å². The molecule has 1 heterocycles. The number of nitro groups is 1. The van der Waals surface area contributed by atoms with Gasteiger partial charge in [-0.3, -0.25) is 14.9 Å². The monoisotopic (exact) mass is 346 g/mol. The van der Waals surface area contributed by atoms with Crippen LogP contribution in [-0.2, 0) is 6.54 Å². The maximum absolute atomic E-state index is 12.8. The van der Waals surface area contributed by atoms with Crippen LogP contribution in [0.15, 0.2) is 35.6 Å². The van der Waals surface area contributed by atoms with Gasteiger partial charge in [-0.1, -0.05) is 26.0 Å². The van der Waals surface area contributed by atoms with Gasteiger partial charge >= 0.3 is 0 Å². The first-order chi connectivity index (χ1) is 12.0. The van der Waals surface area contributed by atoms with Gasteiger partial charge in [-0.05, 0) is 19.4 Å². The Bertz CT molecular complexity index is 841. The summed E-state index contributed by atoms with van der Waals surface area (Å²) in [4.78, 5) is 23.4. The van der Waals surface area contributed by atoms with Crippen molar-refractivity contribution in [2.24, 2.45) is 0 Å². The van der Waals surface area contributed by atoms with E-state index >= 15 is 0 Å². The molecule has 0 saturated heterocycles. The Kier molecular flexibility index (Phi) is 6.16. The van der Waals surface area contributed by atoms with Crippen LogP contribution in [0.3, 0.4) is 0 Å². The summed E-state index contributed by atoms with van der Waals surface area (Å²) in [7, 11) is 0. The van der Waals surface area contributed by atoms with E-state index in [-0.39, 0.29) is 23.6 Å². The van der Waals surface area contributed by atoms with E-state index < -0.39 is 4.92 Å². The maximum Gasteiger partial charge on any atom is 0.297 e. The van der Waals surface area contributed by atoms with Crippen molar-refractivity contribution in [3.05, 3.63) is 51.3 Å². The molecule has 0 amide bonds. The molecule has 0 aliphatic rings. The van der Waals surface area contributed by atoms with Gasteiger partial charge in [-0.15, -0.1) is 0 Å². The number of ether oxygens (including phenoxy) is 2. The molecule has 25 heavy (non-hydrogen) atoms. The number of nitrogens with zero attached hydrogens (tertiary/aromatic N) is 2. The minimum Gasteiger partial charge on any atom is -0.489 e. The van der Waals surface area contributed by atoms with Crippen LogP contribution in [0.1, 0.15) is 26.7 Å². The maximum atomic E-state index is 12.8. The number of rotatable bonds is 9. The van der Waals surface area contributed by atoms with Crippen LogP contribution in [0.25, 0.3) is 10.9 Å². The first-order valence-corrected chi connectivity index (χ1v) is 8.26. The van der Waals surface area contributed by atoms with E-state index in [9.17, 15) is 14.9 Å². The molecule has 0 bridgehead atoms. The number of non-ortho nitro benzene ring substituents is 1. The largest absolute Gasteiger partial charge is 0.489 e. The quantitative estimate of drug-likeness (QED) is 0.299. The molecule has 0 aliphatic carbocycles. The molecule has 0 saturated carbocycles. The molecule has 1 aromatic carbocycles. The normalized spacial score (nSPS) is 10.6. The third kappa shape index (κ3) is 3.81. The standard InChI is InChI=1S/C18H22N2O5/c1-4-7-11-25-16-14-9-8-13(20(22)23)12-15(14)19(6-3)18(21)17(16)24-10-5-2/h5,8-9,12H,2,4,6-7,10-11H2,1,3H3. The molecule has 0 radical (unpaired) electrons. The van der Waals surface area contributed by atoms with E-state index in [1.165, 1.54) is 16.7 Å². The first kappa shape index (κ1) is 18.5. The summed E-state index contributed by atoms with van der Waals surface area (Å²) in [5, 5.41) is 11.7. The van der Waals surface area contributed by atoms with Gasteiger partial charge in [0, 0.05) is 24.1 Å². The zero-order chi connectivity index (χ0) is 18.4. The molecule has 7 heteroatoms. The Morgan fingerprint density at radius 1 is 1.28 bits per heavy atom. The average molecular weight is 346 g/mol. The Hall–Kier alpha value is -2.83. The van der Waals surface area contributed by atoms with Gasteiger partial charge < -0.3 is 14.0 Å². The summed E-state index contributed by atoms with van der Waals surface area (Å²) >= 11 is 0. The summed E-state index contributed by atoms with van der Waals surface area (Å²) < 4.78 is 12.8. The molecule has 0 aliphatic heterocycles. The molecule has 0 fully saturated rings. The smallest absolute Gasteiger partial charge is 0.297 e. The average Bonchev–Trinajstić information content (AvgIpc) is 2.60. The van der Waals surface area contributed by atoms with E-state index in [2.05, 4.69) is 6.58 Å². The lowest BCUT2D eigenvalue weighted by atomic mass is 10.1. The fourth-order valence-corrected chi connectivity index (χ4v) is 2.55. The SMILES string of the molecule is C=CCOc1c(OCCCC)c2ccc([N+](=O)[O-])cc2n(CC)c1=O. The first-order valence-electron chi connectivity index (χ1n) is 8.26. The van der Waals surface area contributed by atoms with Crippen molar-refractivity contribution < 1.29 is 14.4 Å². The van der Waals surface area contributed by atoms with Crippen LogP contribution in [0.4, 0.5) is 5.69 Å². The van der Waals surface area contributed by atoms with Crippen LogP contribution >= 0.6 is 0 Å². The topological polar surface area (TPSA) is 83.6 Å². The molecule has 0 N–H and O–H groups in total. The zero-order valence-corrected chi connectivity index (χ0v) is 14.5. The van der Waals surface area contributed by atoms with E-state index in [1.807, 2.05) is 6.92 Å². The summed E-state index contributed by atoms with van der Waals surface area (Å²) in [5.74, 6) is 0.439. The summed E-state index contributed by atoms with van der Waals surface area (Å²) in [5.41, 5.74) is 0.0105. The highest BCUT2D eigenvalue weighted by Gasteiger charge is 2.21. The van der Waals surface area contributed by atoms with Gasteiger partial charge in [0.2, 0.25) is 5.75 Å². The van der Waals surface area contributed by atoms with Crippen molar-refractivity contribution in [3.8, 4) is 11.5 Å². The number of hydrogen-bond donors (Lipinski definition) is 0. The van der Waals surface area contributed by atoms with Gasteiger partial charge in [-0.25, -0.2) is 0 Å². The van der Waals surface area contributed by atoms with Crippen molar-refractivity contribution in [1.29, 1.82) is 0 Å². The van der Waals surface area contributed by atoms with Gasteiger partial charge in [-0.2, -0.15) is 0 Å². The van der Waals surface area contributed by atoms with E-state index in [0.717, 1.165) is 12.8 Å². The van der Waals surface area contributed by atoms with E-state index in [4.69, 9.17) is 9.47 Å². The van der Waals surface area contributed by atoms with E-state index in [0.29, 0.717) is 29.8 Å². The second-order valence-electron chi connectivity index (χ2n) is 5.47. The van der Waals surface area contributed by atoms with Crippen molar-refractivity contribution in [2.75, 3.05) is 13.2 Å². The van der Waals surface area contributed by atoms with Crippen LogP contribution in [-0.4, -0.2) is 22.7 Å². The Labute approximate surface area is 145 Å². The lowest BCUT2D eigenvalue weighted by molar-refractivity contribution is -0.384. The van der Waals surface area contributed by atoms with Crippen LogP contribution in [0.5, 0.6) is 11.5 Å². The summed E-state index contributed by atoms with van der Waals surface area (Å²) in [6.45, 7) is 8.39. The number of aryl methyl sites for hydroxylation is 1. The molecule has 2 aromatic rings. The number of fused-ring (bicyclic) bond motifs is 1. The Morgan fingerprint density at radius 3 is 2.64 bits per heavy atom. The fraction of sp³-hybridized carbons (Fsp3) is 0.389. The zero-order valence-electron chi connectivity index (χ0n) is 14.5. The molecule has 2 rings (SSSR count). The highest BCUT2D eigenvalue weighted by atomic mass is 16.6. The van der Waals surface area contributed by atoms with Crippen molar-refractivity contribution in [1.82, 2.24) is 4.57 Å². The predicted molar refractivity (Wildman–Crippen MR) is 96.6 cm³/mol. The number of benzene rings is 1. The number of aromatic nitrogens is 1. The second-order valence-corrected chi connectivity index (χ2v) is 5.47. The van der Waals surface area contributed by atoms with Crippen molar-refractivity contribution in [2.45, 2.75) is 33.2 Å². The predicted octanol–water partition coefficient (Wildman–Crippen LogP) is 3.67. The number of pyridine rings is 1. The molecule has 1 aromatic heterocycles. The highest BCUT2D eigenvalue weighted by molar-refractivity contribution is 5.89. The molecule has 7 nitrogen and oxygen atoms in total.